The van der Waals surface area contributed by atoms with Crippen LogP contribution in [0.1, 0.15) is 29.3 Å². The summed E-state index contributed by atoms with van der Waals surface area (Å²) in [5, 5.41) is 18.2. The predicted octanol–water partition coefficient (Wildman–Crippen LogP) is 5.20. The topological polar surface area (TPSA) is 113 Å². The second-order valence-corrected chi connectivity index (χ2v) is 7.37. The Hall–Kier alpha value is -3.20. The van der Waals surface area contributed by atoms with Gasteiger partial charge in [-0.15, -0.1) is 10.2 Å². The SMILES string of the molecule is CCCOC(=O)c1ccc(OCC(=O)N=Nc2c(O)[nH]c3cc(Br)c(C)cc23)cc1. The van der Waals surface area contributed by atoms with Crippen LogP contribution in [-0.2, 0) is 9.53 Å². The highest BCUT2D eigenvalue weighted by atomic mass is 79.9. The van der Waals surface area contributed by atoms with Crippen molar-refractivity contribution < 1.29 is 24.2 Å². The van der Waals surface area contributed by atoms with Crippen molar-refractivity contribution in [2.45, 2.75) is 20.3 Å². The lowest BCUT2D eigenvalue weighted by Gasteiger charge is -2.05. The van der Waals surface area contributed by atoms with Gasteiger partial charge in [0.25, 0.3) is 0 Å². The van der Waals surface area contributed by atoms with E-state index in [4.69, 9.17) is 9.47 Å². The Morgan fingerprint density at radius 2 is 1.93 bits per heavy atom. The van der Waals surface area contributed by atoms with Gasteiger partial charge in [-0.1, -0.05) is 22.9 Å². The lowest BCUT2D eigenvalue weighted by molar-refractivity contribution is -0.120. The van der Waals surface area contributed by atoms with E-state index in [0.29, 0.717) is 28.8 Å². The van der Waals surface area contributed by atoms with Crippen LogP contribution in [0.5, 0.6) is 11.6 Å². The van der Waals surface area contributed by atoms with Gasteiger partial charge in [0.15, 0.2) is 12.3 Å². The smallest absolute Gasteiger partial charge is 0.338 e. The number of H-pyrrole nitrogens is 1. The monoisotopic (exact) mass is 473 g/mol. The number of azo groups is 1. The van der Waals surface area contributed by atoms with Crippen molar-refractivity contribution in [2.75, 3.05) is 13.2 Å². The molecule has 0 spiro atoms. The summed E-state index contributed by atoms with van der Waals surface area (Å²) in [5.41, 5.74) is 2.21. The number of aromatic hydroxyl groups is 1. The van der Waals surface area contributed by atoms with Crippen LogP contribution in [0.15, 0.2) is 51.1 Å². The molecule has 0 saturated carbocycles. The largest absolute Gasteiger partial charge is 0.493 e. The number of carbonyl (C=O) groups is 2. The average Bonchev–Trinajstić information content (AvgIpc) is 3.03. The van der Waals surface area contributed by atoms with Gasteiger partial charge in [-0.25, -0.2) is 4.79 Å². The molecule has 9 heteroatoms. The molecule has 3 aromatic rings. The fraction of sp³-hybridized carbons (Fsp3) is 0.238. The molecular formula is C21H20BrN3O5. The molecule has 8 nitrogen and oxygen atoms in total. The molecule has 2 aromatic carbocycles. The average molecular weight is 474 g/mol. The van der Waals surface area contributed by atoms with Crippen molar-refractivity contribution in [3.63, 3.8) is 0 Å². The number of aromatic nitrogens is 1. The van der Waals surface area contributed by atoms with Gasteiger partial charge >= 0.3 is 11.9 Å². The zero-order chi connectivity index (χ0) is 21.7. The molecular weight excluding hydrogens is 454 g/mol. The van der Waals surface area contributed by atoms with Crippen LogP contribution in [0.2, 0.25) is 0 Å². The van der Waals surface area contributed by atoms with Crippen molar-refractivity contribution in [1.82, 2.24) is 4.98 Å². The van der Waals surface area contributed by atoms with Crippen LogP contribution in [0, 0.1) is 6.92 Å². The molecule has 3 rings (SSSR count). The van der Waals surface area contributed by atoms with Gasteiger partial charge in [0.1, 0.15) is 5.75 Å². The first-order valence-corrected chi connectivity index (χ1v) is 10.0. The number of aromatic amines is 1. The van der Waals surface area contributed by atoms with E-state index in [1.54, 1.807) is 24.3 Å². The Labute approximate surface area is 181 Å². The Balaban J connectivity index is 1.62. The molecule has 0 aliphatic heterocycles. The number of hydrogen-bond donors (Lipinski definition) is 2. The van der Waals surface area contributed by atoms with Crippen LogP contribution >= 0.6 is 15.9 Å². The van der Waals surface area contributed by atoms with E-state index >= 15 is 0 Å². The number of fused-ring (bicyclic) bond motifs is 1. The Kier molecular flexibility index (Phi) is 6.83. The fourth-order valence-electron chi connectivity index (χ4n) is 2.64. The highest BCUT2D eigenvalue weighted by molar-refractivity contribution is 9.10. The zero-order valence-electron chi connectivity index (χ0n) is 16.4. The first-order valence-electron chi connectivity index (χ1n) is 9.24. The summed E-state index contributed by atoms with van der Waals surface area (Å²) in [6.45, 7) is 3.84. The third-order valence-corrected chi connectivity index (χ3v) is 5.04. The van der Waals surface area contributed by atoms with E-state index in [1.807, 2.05) is 26.0 Å². The predicted molar refractivity (Wildman–Crippen MR) is 114 cm³/mol. The maximum Gasteiger partial charge on any atom is 0.338 e. The molecule has 0 aliphatic rings. The van der Waals surface area contributed by atoms with Gasteiger partial charge in [-0.2, -0.15) is 0 Å². The minimum Gasteiger partial charge on any atom is -0.493 e. The van der Waals surface area contributed by atoms with E-state index < -0.39 is 11.9 Å². The van der Waals surface area contributed by atoms with Crippen molar-refractivity contribution in [3.8, 4) is 11.6 Å². The summed E-state index contributed by atoms with van der Waals surface area (Å²) < 4.78 is 11.3. The van der Waals surface area contributed by atoms with Crippen molar-refractivity contribution in [1.29, 1.82) is 0 Å². The number of amides is 1. The standard InChI is InChI=1S/C21H20BrN3O5/c1-3-8-29-21(28)13-4-6-14(7-5-13)30-11-18(26)24-25-19-15-9-12(2)16(22)10-17(15)23-20(19)27/h4-7,9-10,23,27H,3,8,11H2,1-2H3. The summed E-state index contributed by atoms with van der Waals surface area (Å²) in [6.07, 6.45) is 0.747. The number of rotatable bonds is 7. The minimum atomic E-state index is -0.621. The molecule has 0 saturated heterocycles. The fourth-order valence-corrected chi connectivity index (χ4v) is 2.98. The summed E-state index contributed by atoms with van der Waals surface area (Å²) in [5.74, 6) is -0.801. The number of esters is 1. The van der Waals surface area contributed by atoms with Crippen LogP contribution in [0.3, 0.4) is 0 Å². The van der Waals surface area contributed by atoms with Crippen molar-refractivity contribution in [2.24, 2.45) is 10.2 Å². The van der Waals surface area contributed by atoms with Crippen LogP contribution < -0.4 is 4.74 Å². The Morgan fingerprint density at radius 3 is 2.63 bits per heavy atom. The second-order valence-electron chi connectivity index (χ2n) is 6.51. The highest BCUT2D eigenvalue weighted by Crippen LogP contribution is 2.37. The molecule has 2 N–H and O–H groups in total. The van der Waals surface area contributed by atoms with Gasteiger partial charge in [0.05, 0.1) is 17.7 Å². The summed E-state index contributed by atoms with van der Waals surface area (Å²) in [6, 6.07) is 9.90. The van der Waals surface area contributed by atoms with Gasteiger partial charge in [0.2, 0.25) is 5.88 Å². The summed E-state index contributed by atoms with van der Waals surface area (Å²) >= 11 is 3.43. The molecule has 1 aromatic heterocycles. The van der Waals surface area contributed by atoms with Crippen LogP contribution in [-0.4, -0.2) is 35.2 Å². The highest BCUT2D eigenvalue weighted by Gasteiger charge is 2.13. The number of halogens is 1. The number of aryl methyl sites for hydroxylation is 1. The van der Waals surface area contributed by atoms with E-state index in [2.05, 4.69) is 31.1 Å². The quantitative estimate of drug-likeness (QED) is 0.361. The molecule has 0 aliphatic carbocycles. The normalized spacial score (nSPS) is 11.2. The second kappa shape index (κ2) is 9.53. The number of benzene rings is 2. The van der Waals surface area contributed by atoms with E-state index in [9.17, 15) is 14.7 Å². The molecule has 0 fully saturated rings. The Bertz CT molecular complexity index is 1110. The lowest BCUT2D eigenvalue weighted by atomic mass is 10.1. The van der Waals surface area contributed by atoms with Gasteiger partial charge < -0.3 is 19.6 Å². The van der Waals surface area contributed by atoms with Gasteiger partial charge in [0, 0.05) is 9.86 Å². The van der Waals surface area contributed by atoms with E-state index in [1.165, 1.54) is 0 Å². The molecule has 0 radical (unpaired) electrons. The molecule has 0 unspecified atom stereocenters. The lowest BCUT2D eigenvalue weighted by Crippen LogP contribution is -2.08. The van der Waals surface area contributed by atoms with E-state index in [0.717, 1.165) is 16.5 Å². The maximum absolute atomic E-state index is 12.0. The molecule has 0 atom stereocenters. The number of nitrogens with one attached hydrogen (secondary N) is 1. The Morgan fingerprint density at radius 1 is 1.20 bits per heavy atom. The van der Waals surface area contributed by atoms with Gasteiger partial charge in [-0.05, 0) is 55.3 Å². The summed E-state index contributed by atoms with van der Waals surface area (Å²) in [7, 11) is 0. The van der Waals surface area contributed by atoms with Crippen LogP contribution in [0.25, 0.3) is 10.9 Å². The zero-order valence-corrected chi connectivity index (χ0v) is 18.0. The third-order valence-electron chi connectivity index (χ3n) is 4.18. The number of hydrogen-bond acceptors (Lipinski definition) is 6. The number of ether oxygens (including phenoxy) is 2. The number of carbonyl (C=O) groups excluding carboxylic acids is 2. The van der Waals surface area contributed by atoms with Crippen molar-refractivity contribution >= 4 is 44.4 Å². The molecule has 30 heavy (non-hydrogen) atoms. The maximum atomic E-state index is 12.0. The van der Waals surface area contributed by atoms with Gasteiger partial charge in [-0.3, -0.25) is 4.79 Å². The minimum absolute atomic E-state index is 0.175. The van der Waals surface area contributed by atoms with Crippen LogP contribution in [0.4, 0.5) is 5.69 Å². The first-order chi connectivity index (χ1) is 14.4. The molecule has 0 bridgehead atoms. The summed E-state index contributed by atoms with van der Waals surface area (Å²) in [4.78, 5) is 26.6. The number of nitrogens with zero attached hydrogens (tertiary/aromatic N) is 2. The third kappa shape index (κ3) is 5.04. The molecule has 1 amide bonds. The molecule has 1 heterocycles. The molecule has 156 valence electrons. The van der Waals surface area contributed by atoms with Crippen molar-refractivity contribution in [3.05, 3.63) is 52.0 Å². The van der Waals surface area contributed by atoms with E-state index in [-0.39, 0.29) is 18.2 Å². The first kappa shape index (κ1) is 21.5.